The van der Waals surface area contributed by atoms with Gasteiger partial charge < -0.3 is 21.1 Å². The zero-order valence-corrected chi connectivity index (χ0v) is 19.8. The van der Waals surface area contributed by atoms with Crippen molar-refractivity contribution in [3.63, 3.8) is 0 Å². The molecule has 12 heteroatoms. The van der Waals surface area contributed by atoms with E-state index in [2.05, 4.69) is 10.3 Å². The molecule has 186 valence electrons. The average Bonchev–Trinajstić information content (AvgIpc) is 2.73. The average molecular weight is 475 g/mol. The number of carbonyl (C=O) groups is 2. The molecule has 2 atom stereocenters. The number of nitrogens with zero attached hydrogens (tertiary/aromatic N) is 2. The van der Waals surface area contributed by atoms with E-state index in [0.717, 1.165) is 11.1 Å². The van der Waals surface area contributed by atoms with E-state index in [1.54, 1.807) is 11.5 Å². The molecule has 0 radical (unpaired) electrons. The van der Waals surface area contributed by atoms with Gasteiger partial charge in [0.2, 0.25) is 5.91 Å². The highest BCUT2D eigenvalue weighted by molar-refractivity contribution is 6.43. The maximum Gasteiger partial charge on any atom is 0.475 e. The second kappa shape index (κ2) is 14.8. The van der Waals surface area contributed by atoms with E-state index in [-0.39, 0.29) is 37.0 Å². The minimum absolute atomic E-state index is 0.0869. The number of hydrogen-bond acceptors (Lipinski definition) is 7. The Balaban J connectivity index is 2.86. The van der Waals surface area contributed by atoms with Gasteiger partial charge in [0.25, 0.3) is 5.96 Å². The maximum atomic E-state index is 12.9. The van der Waals surface area contributed by atoms with Crippen LogP contribution in [-0.2, 0) is 9.59 Å². The third-order valence-electron chi connectivity index (χ3n) is 4.93. The smallest absolute Gasteiger partial charge is 0.426 e. The lowest BCUT2D eigenvalue weighted by Gasteiger charge is -2.23. The second-order valence-corrected chi connectivity index (χ2v) is 8.55. The van der Waals surface area contributed by atoms with E-state index >= 15 is 0 Å². The number of allylic oxidation sites excluding steroid dienone is 1. The van der Waals surface area contributed by atoms with E-state index in [1.807, 2.05) is 45.0 Å². The largest absolute Gasteiger partial charge is 0.475 e. The molecule has 0 saturated heterocycles. The molecule has 1 aromatic carbocycles. The summed E-state index contributed by atoms with van der Waals surface area (Å²) in [6, 6.07) is 7.61. The molecular weight excluding hydrogens is 441 g/mol. The molecule has 11 nitrogen and oxygen atoms in total. The van der Waals surface area contributed by atoms with Crippen molar-refractivity contribution < 1.29 is 24.7 Å². The van der Waals surface area contributed by atoms with Crippen molar-refractivity contribution in [3.8, 4) is 0 Å². The van der Waals surface area contributed by atoms with Crippen LogP contribution in [0.3, 0.4) is 0 Å². The fourth-order valence-corrected chi connectivity index (χ4v) is 3.33. The van der Waals surface area contributed by atoms with Crippen molar-refractivity contribution in [2.24, 2.45) is 22.6 Å². The van der Waals surface area contributed by atoms with Crippen LogP contribution in [0, 0.1) is 28.9 Å². The Hall–Kier alpha value is -3.25. The first-order valence-corrected chi connectivity index (χ1v) is 11.1. The van der Waals surface area contributed by atoms with Crippen LogP contribution in [-0.4, -0.2) is 52.3 Å². The summed E-state index contributed by atoms with van der Waals surface area (Å²) < 4.78 is 0. The molecule has 0 aliphatic carbocycles. The van der Waals surface area contributed by atoms with Crippen molar-refractivity contribution in [1.82, 2.24) is 10.7 Å². The Labute approximate surface area is 199 Å². The number of rotatable bonds is 14. The highest BCUT2D eigenvalue weighted by Crippen LogP contribution is 2.16. The van der Waals surface area contributed by atoms with Crippen molar-refractivity contribution in [2.75, 3.05) is 6.54 Å². The zero-order valence-electron chi connectivity index (χ0n) is 19.8. The lowest BCUT2D eigenvalue weighted by Crippen LogP contribution is -2.49. The first-order valence-electron chi connectivity index (χ1n) is 11.1. The van der Waals surface area contributed by atoms with Crippen molar-refractivity contribution in [1.29, 1.82) is 0 Å². The number of amides is 1. The van der Waals surface area contributed by atoms with E-state index in [1.165, 1.54) is 6.08 Å². The van der Waals surface area contributed by atoms with Crippen LogP contribution in [0.2, 0.25) is 0 Å². The third kappa shape index (κ3) is 12.1. The molecule has 34 heavy (non-hydrogen) atoms. The number of aryl methyl sites for hydroxylation is 1. The van der Waals surface area contributed by atoms with Crippen molar-refractivity contribution >= 4 is 30.8 Å². The number of nitro groups is 1. The van der Waals surface area contributed by atoms with Crippen molar-refractivity contribution in [2.45, 2.75) is 52.4 Å². The van der Waals surface area contributed by atoms with E-state index in [9.17, 15) is 29.8 Å². The molecule has 0 spiro atoms. The van der Waals surface area contributed by atoms with Gasteiger partial charge in [-0.1, -0.05) is 55.2 Å². The number of guanidine groups is 1. The number of nitrogens with two attached hydrogens (primary N) is 1. The minimum Gasteiger partial charge on any atom is -0.426 e. The molecule has 1 aromatic rings. The summed E-state index contributed by atoms with van der Waals surface area (Å²) in [5.41, 5.74) is 9.02. The highest BCUT2D eigenvalue weighted by Gasteiger charge is 2.29. The lowest BCUT2D eigenvalue weighted by atomic mass is 9.74. The van der Waals surface area contributed by atoms with Crippen LogP contribution in [0.4, 0.5) is 0 Å². The van der Waals surface area contributed by atoms with Gasteiger partial charge in [-0.2, -0.15) is 0 Å². The Morgan fingerprint density at radius 2 is 2.03 bits per heavy atom. The van der Waals surface area contributed by atoms with Crippen LogP contribution >= 0.6 is 0 Å². The summed E-state index contributed by atoms with van der Waals surface area (Å²) in [5.74, 6) is -2.60. The molecule has 1 amide bonds. The third-order valence-corrected chi connectivity index (χ3v) is 4.93. The van der Waals surface area contributed by atoms with Gasteiger partial charge in [-0.25, -0.2) is 15.1 Å². The summed E-state index contributed by atoms with van der Waals surface area (Å²) in [5, 5.41) is 31.4. The van der Waals surface area contributed by atoms with E-state index < -0.39 is 29.9 Å². The van der Waals surface area contributed by atoms with Gasteiger partial charge in [0, 0.05) is 18.9 Å². The summed E-state index contributed by atoms with van der Waals surface area (Å²) in [7, 11) is -1.73. The second-order valence-electron chi connectivity index (χ2n) is 8.55. The highest BCUT2D eigenvalue weighted by atomic mass is 16.7. The molecule has 0 aliphatic rings. The number of aliphatic imine (C=N–C) groups is 1. The van der Waals surface area contributed by atoms with Crippen LogP contribution in [0.25, 0.3) is 6.08 Å². The summed E-state index contributed by atoms with van der Waals surface area (Å²) >= 11 is 0. The quantitative estimate of drug-likeness (QED) is 0.0503. The molecule has 0 unspecified atom stereocenters. The number of hydrazine groups is 1. The summed E-state index contributed by atoms with van der Waals surface area (Å²) in [4.78, 5) is 39.7. The van der Waals surface area contributed by atoms with Crippen LogP contribution in [0.15, 0.2) is 35.3 Å². The van der Waals surface area contributed by atoms with Crippen LogP contribution < -0.4 is 16.5 Å². The fourth-order valence-electron chi connectivity index (χ4n) is 3.33. The van der Waals surface area contributed by atoms with E-state index in [0.29, 0.717) is 12.8 Å². The minimum atomic E-state index is -1.73. The zero-order chi connectivity index (χ0) is 25.7. The molecule has 0 heterocycles. The fraction of sp³-hybridized carbons (Fsp3) is 0.500. The predicted octanol–water partition coefficient (Wildman–Crippen LogP) is 1.00. The topological polar surface area (TPSA) is 180 Å². The Bertz CT molecular complexity index is 890. The predicted molar refractivity (Wildman–Crippen MR) is 131 cm³/mol. The SMILES string of the molecule is Cc1cccc(/C=C/C(=O)C[C@@H](CCCN=C(N)N[N+](=O)[O-])C(=O)N[C@@H](CC(C)C)B(O)O)c1. The van der Waals surface area contributed by atoms with Gasteiger partial charge in [-0.05, 0) is 43.7 Å². The van der Waals surface area contributed by atoms with Gasteiger partial charge in [0.05, 0.1) is 5.94 Å². The monoisotopic (exact) mass is 475 g/mol. The number of nitrogens with one attached hydrogen (secondary N) is 2. The van der Waals surface area contributed by atoms with E-state index in [4.69, 9.17) is 5.73 Å². The molecule has 0 saturated carbocycles. The Morgan fingerprint density at radius 3 is 2.62 bits per heavy atom. The molecular formula is C22H34BN5O6. The van der Waals surface area contributed by atoms with Gasteiger partial charge in [-0.3, -0.25) is 9.59 Å². The number of carbonyl (C=O) groups excluding carboxylic acids is 2. The Kier molecular flexibility index (Phi) is 12.5. The van der Waals surface area contributed by atoms with Crippen LogP contribution in [0.5, 0.6) is 0 Å². The molecule has 1 rings (SSSR count). The number of ketones is 1. The molecule has 0 fully saturated rings. The van der Waals surface area contributed by atoms with Gasteiger partial charge in [-0.15, -0.1) is 0 Å². The van der Waals surface area contributed by atoms with Crippen LogP contribution in [0.1, 0.15) is 50.7 Å². The lowest BCUT2D eigenvalue weighted by molar-refractivity contribution is -0.525. The first-order chi connectivity index (χ1) is 16.0. The normalized spacial score (nSPS) is 13.5. The standard InChI is InChI=1S/C22H34BN5O6/c1-15(2)12-20(23(31)32)26-21(30)18(8-5-11-25-22(24)27-28(33)34)14-19(29)10-9-17-7-4-6-16(3)13-17/h4,6-7,9-10,13,15,18,20,31-32H,5,8,11-12,14H2,1-3H3,(H,26,30)(H3,24,25,27)/b10-9+/t18-,20+/m1/s1. The molecule has 0 bridgehead atoms. The Morgan fingerprint density at radius 1 is 1.32 bits per heavy atom. The first kappa shape index (κ1) is 28.8. The number of benzene rings is 1. The molecule has 0 aromatic heterocycles. The van der Waals surface area contributed by atoms with Crippen molar-refractivity contribution in [3.05, 3.63) is 51.6 Å². The number of hydrogen-bond donors (Lipinski definition) is 5. The molecule has 6 N–H and O–H groups in total. The molecule has 0 aliphatic heterocycles. The van der Waals surface area contributed by atoms with Gasteiger partial charge in [0.15, 0.2) is 10.8 Å². The van der Waals surface area contributed by atoms with Gasteiger partial charge >= 0.3 is 7.12 Å². The summed E-state index contributed by atoms with van der Waals surface area (Å²) in [6.07, 6.45) is 3.95. The summed E-state index contributed by atoms with van der Waals surface area (Å²) in [6.45, 7) is 5.83. The van der Waals surface area contributed by atoms with Gasteiger partial charge in [0.1, 0.15) is 0 Å². The maximum absolute atomic E-state index is 12.9.